The molecule has 0 amide bonds. The highest BCUT2D eigenvalue weighted by molar-refractivity contribution is 7.48. The lowest BCUT2D eigenvalue weighted by Crippen LogP contribution is -2.09. The van der Waals surface area contributed by atoms with Crippen LogP contribution in [-0.2, 0) is 46.6 Å². The van der Waals surface area contributed by atoms with Crippen molar-refractivity contribution in [2.45, 2.75) is 59.3 Å². The van der Waals surface area contributed by atoms with Crippen LogP contribution in [0.5, 0.6) is 0 Å². The Morgan fingerprint density at radius 1 is 0.371 bits per heavy atom. The van der Waals surface area contributed by atoms with E-state index in [0.29, 0.717) is 98.5 Å². The van der Waals surface area contributed by atoms with Crippen LogP contribution in [-0.4, -0.2) is 99.1 Å². The van der Waals surface area contributed by atoms with E-state index in [2.05, 4.69) is 0 Å². The third kappa shape index (κ3) is 26.7. The molecule has 0 unspecified atom stereocenters. The van der Waals surface area contributed by atoms with Crippen molar-refractivity contribution in [3.63, 3.8) is 0 Å². The standard InChI is InChI=1S/C24H51O10P/c1-4-26-13-7-16-29-19-10-22-32-35(25,33-23-11-20-30-17-8-14-27-5-2)34-24-12-21-31-18-9-15-28-6-3/h4-24H2,1-3H3. The minimum Gasteiger partial charge on any atom is -0.382 e. The molecule has 0 saturated heterocycles. The number of phosphoric ester groups is 1. The number of hydrogen-bond acceptors (Lipinski definition) is 10. The van der Waals surface area contributed by atoms with Crippen molar-refractivity contribution in [3.05, 3.63) is 0 Å². The first-order valence-corrected chi connectivity index (χ1v) is 14.6. The van der Waals surface area contributed by atoms with Gasteiger partial charge in [0.2, 0.25) is 0 Å². The third-order valence-corrected chi connectivity index (χ3v) is 5.89. The zero-order chi connectivity index (χ0) is 25.7. The van der Waals surface area contributed by atoms with E-state index in [4.69, 9.17) is 42.0 Å². The molecule has 0 aromatic heterocycles. The van der Waals surface area contributed by atoms with Gasteiger partial charge in [0, 0.05) is 79.3 Å². The topological polar surface area (TPSA) is 100 Å². The first-order chi connectivity index (χ1) is 17.2. The second-order valence-corrected chi connectivity index (χ2v) is 9.17. The summed E-state index contributed by atoms with van der Waals surface area (Å²) in [6.07, 6.45) is 4.33. The van der Waals surface area contributed by atoms with Crippen molar-refractivity contribution in [2.24, 2.45) is 0 Å². The van der Waals surface area contributed by atoms with Gasteiger partial charge < -0.3 is 28.4 Å². The van der Waals surface area contributed by atoms with Gasteiger partial charge in [-0.05, 0) is 59.3 Å². The molecule has 11 heteroatoms. The van der Waals surface area contributed by atoms with E-state index in [1.165, 1.54) is 0 Å². The highest BCUT2D eigenvalue weighted by Gasteiger charge is 2.26. The van der Waals surface area contributed by atoms with E-state index < -0.39 is 7.82 Å². The molecule has 0 aliphatic heterocycles. The number of ether oxygens (including phenoxy) is 6. The lowest BCUT2D eigenvalue weighted by molar-refractivity contribution is 0.0586. The molecule has 10 nitrogen and oxygen atoms in total. The lowest BCUT2D eigenvalue weighted by Gasteiger charge is -2.18. The molecule has 0 bridgehead atoms. The molecule has 0 aliphatic rings. The molecule has 0 atom stereocenters. The molecule has 0 radical (unpaired) electrons. The van der Waals surface area contributed by atoms with Crippen molar-refractivity contribution >= 4 is 7.82 Å². The van der Waals surface area contributed by atoms with Crippen LogP contribution in [0.25, 0.3) is 0 Å². The third-order valence-electron chi connectivity index (χ3n) is 4.39. The van der Waals surface area contributed by atoms with E-state index >= 15 is 0 Å². The Balaban J connectivity index is 4.06. The molecule has 0 aliphatic carbocycles. The van der Waals surface area contributed by atoms with E-state index in [-0.39, 0.29) is 19.8 Å². The zero-order valence-electron chi connectivity index (χ0n) is 22.4. The average Bonchev–Trinajstić information content (AvgIpc) is 2.86. The Labute approximate surface area is 213 Å². The molecule has 0 rings (SSSR count). The maximum Gasteiger partial charge on any atom is 0.474 e. The predicted molar refractivity (Wildman–Crippen MR) is 135 cm³/mol. The second kappa shape index (κ2) is 28.4. The fourth-order valence-electron chi connectivity index (χ4n) is 2.65. The van der Waals surface area contributed by atoms with Crippen LogP contribution in [0.3, 0.4) is 0 Å². The Hall–Kier alpha value is -0.130. The highest BCUT2D eigenvalue weighted by atomic mass is 31.2. The Kier molecular flexibility index (Phi) is 28.3. The summed E-state index contributed by atoms with van der Waals surface area (Å²) in [5.74, 6) is 0. The van der Waals surface area contributed by atoms with Crippen LogP contribution in [0.2, 0.25) is 0 Å². The highest BCUT2D eigenvalue weighted by Crippen LogP contribution is 2.49. The van der Waals surface area contributed by atoms with Gasteiger partial charge >= 0.3 is 7.82 Å². The largest absolute Gasteiger partial charge is 0.474 e. The molecular weight excluding hydrogens is 479 g/mol. The predicted octanol–water partition coefficient (Wildman–Crippen LogP) is 4.64. The summed E-state index contributed by atoms with van der Waals surface area (Å²) < 4.78 is 61.9. The van der Waals surface area contributed by atoms with E-state index in [1.807, 2.05) is 20.8 Å². The molecule has 0 aromatic carbocycles. The minimum absolute atomic E-state index is 0.227. The fraction of sp³-hybridized carbons (Fsp3) is 1.00. The molecular formula is C24H51O10P. The van der Waals surface area contributed by atoms with Gasteiger partial charge in [0.05, 0.1) is 19.8 Å². The summed E-state index contributed by atoms with van der Waals surface area (Å²) >= 11 is 0. The SMILES string of the molecule is CCOCCCOCCCOP(=O)(OCCCOCCCOCC)OCCCOCCCOCC. The van der Waals surface area contributed by atoms with Crippen molar-refractivity contribution < 1.29 is 46.6 Å². The maximum absolute atomic E-state index is 13.0. The van der Waals surface area contributed by atoms with Crippen LogP contribution in [0, 0.1) is 0 Å². The summed E-state index contributed by atoms with van der Waals surface area (Å²) in [6.45, 7) is 14.2. The molecule has 0 aromatic rings. The number of phosphoric acid groups is 1. The first kappa shape index (κ1) is 34.9. The van der Waals surface area contributed by atoms with Crippen molar-refractivity contribution in [1.29, 1.82) is 0 Å². The smallest absolute Gasteiger partial charge is 0.382 e. The summed E-state index contributed by atoms with van der Waals surface area (Å²) in [7, 11) is -3.66. The zero-order valence-corrected chi connectivity index (χ0v) is 23.3. The van der Waals surface area contributed by atoms with Crippen molar-refractivity contribution in [1.82, 2.24) is 0 Å². The van der Waals surface area contributed by atoms with Gasteiger partial charge in [-0.1, -0.05) is 0 Å². The molecule has 0 heterocycles. The van der Waals surface area contributed by atoms with Crippen molar-refractivity contribution in [2.75, 3.05) is 99.1 Å². The van der Waals surface area contributed by atoms with Crippen LogP contribution >= 0.6 is 7.82 Å². The van der Waals surface area contributed by atoms with Crippen LogP contribution in [0.15, 0.2) is 0 Å². The Morgan fingerprint density at radius 3 is 0.857 bits per heavy atom. The second-order valence-electron chi connectivity index (χ2n) is 7.50. The van der Waals surface area contributed by atoms with Gasteiger partial charge in [0.15, 0.2) is 0 Å². The molecule has 212 valence electrons. The maximum atomic E-state index is 13.0. The monoisotopic (exact) mass is 530 g/mol. The number of rotatable bonds is 30. The molecule has 0 saturated carbocycles. The Bertz CT molecular complexity index is 394. The minimum atomic E-state index is -3.66. The summed E-state index contributed by atoms with van der Waals surface area (Å²) in [4.78, 5) is 0. The summed E-state index contributed by atoms with van der Waals surface area (Å²) in [6, 6.07) is 0. The van der Waals surface area contributed by atoms with Gasteiger partial charge in [-0.3, -0.25) is 13.6 Å². The van der Waals surface area contributed by atoms with Gasteiger partial charge in [-0.25, -0.2) is 4.57 Å². The van der Waals surface area contributed by atoms with Crippen LogP contribution < -0.4 is 0 Å². The van der Waals surface area contributed by atoms with Gasteiger partial charge in [-0.15, -0.1) is 0 Å². The fourth-order valence-corrected chi connectivity index (χ4v) is 3.93. The normalized spacial score (nSPS) is 12.0. The summed E-state index contributed by atoms with van der Waals surface area (Å²) in [5, 5.41) is 0. The average molecular weight is 531 g/mol. The first-order valence-electron chi connectivity index (χ1n) is 13.2. The van der Waals surface area contributed by atoms with E-state index in [0.717, 1.165) is 19.3 Å². The van der Waals surface area contributed by atoms with Crippen molar-refractivity contribution in [3.8, 4) is 0 Å². The van der Waals surface area contributed by atoms with Crippen LogP contribution in [0.1, 0.15) is 59.3 Å². The van der Waals surface area contributed by atoms with Gasteiger partial charge in [0.25, 0.3) is 0 Å². The molecule has 0 fully saturated rings. The molecule has 0 N–H and O–H groups in total. The van der Waals surface area contributed by atoms with E-state index in [1.54, 1.807) is 0 Å². The van der Waals surface area contributed by atoms with Crippen LogP contribution in [0.4, 0.5) is 0 Å². The van der Waals surface area contributed by atoms with E-state index in [9.17, 15) is 4.57 Å². The van der Waals surface area contributed by atoms with Gasteiger partial charge in [-0.2, -0.15) is 0 Å². The Morgan fingerprint density at radius 2 is 0.600 bits per heavy atom. The van der Waals surface area contributed by atoms with Gasteiger partial charge in [0.1, 0.15) is 0 Å². The molecule has 0 spiro atoms. The summed E-state index contributed by atoms with van der Waals surface area (Å²) in [5.41, 5.74) is 0. The number of hydrogen-bond donors (Lipinski definition) is 0. The lowest BCUT2D eigenvalue weighted by atomic mass is 10.4. The molecule has 35 heavy (non-hydrogen) atoms. The quantitative estimate of drug-likeness (QED) is 0.0964.